The molecule has 90 heavy (non-hydrogen) atoms. The van der Waals surface area contributed by atoms with Crippen LogP contribution in [0.15, 0.2) is 72.9 Å². The predicted molar refractivity (Wildman–Crippen MR) is 390 cm³/mol. The third-order valence-electron chi connectivity index (χ3n) is 17.3. The third kappa shape index (κ3) is 74.5. The monoisotopic (exact) mass is 1280 g/mol. The van der Waals surface area contributed by atoms with Crippen LogP contribution in [0.1, 0.15) is 373 Å². The van der Waals surface area contributed by atoms with Gasteiger partial charge in [0.25, 0.3) is 0 Å². The Labute approximate surface area is 559 Å². The van der Waals surface area contributed by atoms with Crippen LogP contribution < -0.4 is 0 Å². The molecule has 2 unspecified atom stereocenters. The van der Waals surface area contributed by atoms with Gasteiger partial charge in [-0.15, -0.1) is 0 Å². The van der Waals surface area contributed by atoms with E-state index in [0.29, 0.717) is 23.9 Å². The number of carbonyl (C=O) groups excluding carboxylic acids is 2. The van der Waals surface area contributed by atoms with Gasteiger partial charge in [-0.2, -0.15) is 0 Å². The quantitative estimate of drug-likeness (QED) is 0.0211. The summed E-state index contributed by atoms with van der Waals surface area (Å²) >= 11 is 0. The molecule has 0 heterocycles. The van der Waals surface area contributed by atoms with E-state index in [1.807, 2.05) is 21.1 Å². The highest BCUT2D eigenvalue weighted by molar-refractivity contribution is 7.47. The zero-order valence-corrected chi connectivity index (χ0v) is 61.0. The van der Waals surface area contributed by atoms with Crippen molar-refractivity contribution in [3.8, 4) is 0 Å². The van der Waals surface area contributed by atoms with E-state index in [2.05, 4.69) is 86.8 Å². The zero-order valence-electron chi connectivity index (χ0n) is 60.1. The Kier molecular flexibility index (Phi) is 68.8. The van der Waals surface area contributed by atoms with Crippen molar-refractivity contribution in [2.75, 3.05) is 47.5 Å². The lowest BCUT2D eigenvalue weighted by molar-refractivity contribution is -0.870. The van der Waals surface area contributed by atoms with E-state index in [1.165, 1.54) is 270 Å². The van der Waals surface area contributed by atoms with Gasteiger partial charge in [0.1, 0.15) is 19.8 Å². The number of likely N-dealkylation sites (N-methyl/N-ethyl adjacent to an activating group) is 1. The number of phosphoric ester groups is 1. The van der Waals surface area contributed by atoms with Gasteiger partial charge in [0, 0.05) is 12.8 Å². The fraction of sp³-hybridized carbons (Fsp3) is 0.825. The van der Waals surface area contributed by atoms with Crippen molar-refractivity contribution in [2.24, 2.45) is 0 Å². The Balaban J connectivity index is 3.95. The summed E-state index contributed by atoms with van der Waals surface area (Å²) in [6.07, 6.45) is 96.1. The van der Waals surface area contributed by atoms with Crippen LogP contribution in [0.25, 0.3) is 0 Å². The lowest BCUT2D eigenvalue weighted by Crippen LogP contribution is -2.37. The van der Waals surface area contributed by atoms with Crippen molar-refractivity contribution in [3.05, 3.63) is 72.9 Å². The minimum absolute atomic E-state index is 0.0332. The van der Waals surface area contributed by atoms with E-state index < -0.39 is 26.5 Å². The van der Waals surface area contributed by atoms with Crippen molar-refractivity contribution in [2.45, 2.75) is 380 Å². The number of hydrogen-bond acceptors (Lipinski definition) is 7. The summed E-state index contributed by atoms with van der Waals surface area (Å²) in [6, 6.07) is 0. The highest BCUT2D eigenvalue weighted by atomic mass is 31.2. The molecule has 0 aromatic rings. The number of unbranched alkanes of at least 4 members (excludes halogenated alkanes) is 46. The van der Waals surface area contributed by atoms with Crippen LogP contribution in [0.3, 0.4) is 0 Å². The van der Waals surface area contributed by atoms with Gasteiger partial charge in [-0.25, -0.2) is 4.57 Å². The van der Waals surface area contributed by atoms with E-state index in [0.717, 1.165) is 70.6 Å². The predicted octanol–water partition coefficient (Wildman–Crippen LogP) is 25.5. The fourth-order valence-corrected chi connectivity index (χ4v) is 12.1. The van der Waals surface area contributed by atoms with Crippen LogP contribution in [-0.2, 0) is 32.7 Å². The average Bonchev–Trinajstić information content (AvgIpc) is 3.58. The molecule has 1 N–H and O–H groups in total. The SMILES string of the molecule is CC/C=C\C/C=C\C/C=C\C/C=C\C/C=C\C/C=C\CCCCCCCCCCCCCCCCCCCCC(=O)OC(COC(=O)CCCCCCCCCCCCCCCCCCCCCCCCCCCCCCC)COP(=O)(O)OCC[N+](C)(C)C. The second kappa shape index (κ2) is 70.8. The molecule has 0 fully saturated rings. The molecule has 0 aliphatic carbocycles. The lowest BCUT2D eigenvalue weighted by Gasteiger charge is -2.24. The van der Waals surface area contributed by atoms with Crippen LogP contribution in [-0.4, -0.2) is 74.9 Å². The summed E-state index contributed by atoms with van der Waals surface area (Å²) in [6.45, 7) is 4.39. The Morgan fingerprint density at radius 1 is 0.356 bits per heavy atom. The molecule has 0 bridgehead atoms. The molecule has 0 aliphatic rings. The summed E-state index contributed by atoms with van der Waals surface area (Å²) in [7, 11) is 1.49. The topological polar surface area (TPSA) is 108 Å². The smallest absolute Gasteiger partial charge is 0.462 e. The van der Waals surface area contributed by atoms with Crippen LogP contribution in [0.2, 0.25) is 0 Å². The summed E-state index contributed by atoms with van der Waals surface area (Å²) in [4.78, 5) is 36.0. The van der Waals surface area contributed by atoms with Crippen LogP contribution in [0.5, 0.6) is 0 Å². The van der Waals surface area contributed by atoms with Crippen LogP contribution >= 0.6 is 7.82 Å². The molecule has 9 nitrogen and oxygen atoms in total. The van der Waals surface area contributed by atoms with Gasteiger partial charge in [0.15, 0.2) is 6.10 Å². The largest absolute Gasteiger partial charge is 0.472 e. The molecule has 0 radical (unpaired) electrons. The Morgan fingerprint density at radius 3 is 0.944 bits per heavy atom. The molecule has 0 amide bonds. The maximum Gasteiger partial charge on any atom is 0.472 e. The Morgan fingerprint density at radius 2 is 0.633 bits per heavy atom. The number of phosphoric acid groups is 1. The average molecular weight is 1280 g/mol. The molecular formula is C80H149NO8P+. The van der Waals surface area contributed by atoms with Gasteiger partial charge in [-0.3, -0.25) is 18.6 Å². The number of hydrogen-bond donors (Lipinski definition) is 1. The van der Waals surface area contributed by atoms with Crippen LogP contribution in [0.4, 0.5) is 0 Å². The van der Waals surface area contributed by atoms with E-state index in [1.54, 1.807) is 0 Å². The third-order valence-corrected chi connectivity index (χ3v) is 18.2. The Hall–Kier alpha value is -2.55. The summed E-state index contributed by atoms with van der Waals surface area (Å²) in [5.74, 6) is -0.777. The molecule has 526 valence electrons. The van der Waals surface area contributed by atoms with Gasteiger partial charge in [-0.1, -0.05) is 369 Å². The number of allylic oxidation sites excluding steroid dienone is 12. The van der Waals surface area contributed by atoms with Gasteiger partial charge in [0.05, 0.1) is 27.7 Å². The summed E-state index contributed by atoms with van der Waals surface area (Å²) in [5.41, 5.74) is 0. The second-order valence-electron chi connectivity index (χ2n) is 27.4. The number of esters is 2. The molecule has 0 aromatic carbocycles. The van der Waals surface area contributed by atoms with Crippen molar-refractivity contribution in [3.63, 3.8) is 0 Å². The molecular weight excluding hydrogens is 1130 g/mol. The van der Waals surface area contributed by atoms with E-state index >= 15 is 0 Å². The number of nitrogens with zero attached hydrogens (tertiary/aromatic N) is 1. The second-order valence-corrected chi connectivity index (χ2v) is 28.8. The fourth-order valence-electron chi connectivity index (χ4n) is 11.4. The van der Waals surface area contributed by atoms with Crippen molar-refractivity contribution >= 4 is 19.8 Å². The highest BCUT2D eigenvalue weighted by Gasteiger charge is 2.27. The standard InChI is InChI=1S/C80H148NO8P/c1-6-8-10-12-14-16-18-20-22-24-26-28-30-32-34-36-37-38-39-40-41-42-43-45-47-49-51-53-55-57-59-61-63-65-67-69-71-73-80(83)89-78(77-88-90(84,85)87-75-74-81(3,4)5)76-86-79(82)72-70-68-66-64-62-60-58-56-54-52-50-48-46-44-35-33-31-29-27-25-23-21-19-17-15-13-11-9-7-2/h8,10,14,16,20,22,26,28,32,34,37-38,78H,6-7,9,11-13,15,17-19,21,23-25,27,29-31,33,35-36,39-77H2,1-5H3/p+1/b10-8-,16-14-,22-20-,28-26-,34-32-,38-37-. The van der Waals surface area contributed by atoms with Gasteiger partial charge in [-0.05, 0) is 64.2 Å². The number of rotatable bonds is 72. The first-order valence-corrected chi connectivity index (χ1v) is 40.2. The first-order chi connectivity index (χ1) is 44.0. The molecule has 2 atom stereocenters. The molecule has 0 spiro atoms. The minimum atomic E-state index is -4.39. The van der Waals surface area contributed by atoms with E-state index in [4.69, 9.17) is 18.5 Å². The van der Waals surface area contributed by atoms with Gasteiger partial charge < -0.3 is 18.9 Å². The van der Waals surface area contributed by atoms with Gasteiger partial charge in [0.2, 0.25) is 0 Å². The van der Waals surface area contributed by atoms with Crippen molar-refractivity contribution in [1.82, 2.24) is 0 Å². The lowest BCUT2D eigenvalue weighted by atomic mass is 10.0. The molecule has 0 saturated heterocycles. The summed E-state index contributed by atoms with van der Waals surface area (Å²) in [5, 5.41) is 0. The normalized spacial score (nSPS) is 13.4. The highest BCUT2D eigenvalue weighted by Crippen LogP contribution is 2.43. The molecule has 0 aromatic heterocycles. The number of carbonyl (C=O) groups is 2. The van der Waals surface area contributed by atoms with Crippen LogP contribution in [0, 0.1) is 0 Å². The zero-order chi connectivity index (χ0) is 65.5. The number of ether oxygens (including phenoxy) is 2. The van der Waals surface area contributed by atoms with E-state index in [-0.39, 0.29) is 25.6 Å². The maximum atomic E-state index is 12.9. The molecule has 0 rings (SSSR count). The molecule has 0 aliphatic heterocycles. The maximum absolute atomic E-state index is 12.9. The Bertz CT molecular complexity index is 1750. The van der Waals surface area contributed by atoms with Crippen molar-refractivity contribution in [1.29, 1.82) is 0 Å². The molecule has 0 saturated carbocycles. The first-order valence-electron chi connectivity index (χ1n) is 38.7. The van der Waals surface area contributed by atoms with Gasteiger partial charge >= 0.3 is 19.8 Å². The molecule has 10 heteroatoms. The van der Waals surface area contributed by atoms with E-state index in [9.17, 15) is 19.0 Å². The van der Waals surface area contributed by atoms with Crippen molar-refractivity contribution < 1.29 is 42.1 Å². The first kappa shape index (κ1) is 87.5. The summed E-state index contributed by atoms with van der Waals surface area (Å²) < 4.78 is 34.8. The minimum Gasteiger partial charge on any atom is -0.462 e. The number of quaternary nitrogens is 1.